The summed E-state index contributed by atoms with van der Waals surface area (Å²) in [5.41, 5.74) is 8.83. The Kier molecular flexibility index (Phi) is 14.3. The Labute approximate surface area is 437 Å². The third-order valence-electron chi connectivity index (χ3n) is 12.2. The molecule has 0 atom stereocenters. The molecule has 0 bridgehead atoms. The van der Waals surface area contributed by atoms with Crippen LogP contribution in [0.5, 0.6) is 0 Å². The number of aromatic nitrogens is 4. The summed E-state index contributed by atoms with van der Waals surface area (Å²) in [7, 11) is -11.6. The van der Waals surface area contributed by atoms with Gasteiger partial charge in [-0.25, -0.2) is 43.8 Å². The number of rotatable bonds is 15. The fourth-order valence-electron chi connectivity index (χ4n) is 8.79. The number of hydrogen-bond acceptors (Lipinski definition) is 11. The number of benzene rings is 5. The van der Waals surface area contributed by atoms with Crippen molar-refractivity contribution in [3.8, 4) is 67.0 Å². The predicted molar refractivity (Wildman–Crippen MR) is 285 cm³/mol. The van der Waals surface area contributed by atoms with Crippen molar-refractivity contribution in [3.63, 3.8) is 0 Å². The highest BCUT2D eigenvalue weighted by Gasteiger charge is 2.37. The largest absolute Gasteiger partial charge is 0.456 e. The van der Waals surface area contributed by atoms with E-state index in [1.807, 2.05) is 84.9 Å². The second kappa shape index (κ2) is 21.5. The first kappa shape index (κ1) is 51.2. The highest BCUT2D eigenvalue weighted by atomic mass is 32.3. The van der Waals surface area contributed by atoms with Crippen LogP contribution in [-0.4, -0.2) is 43.4 Å². The molecule has 19 heteroatoms. The second-order valence-corrected chi connectivity index (χ2v) is 20.5. The molecule has 1 aliphatic carbocycles. The minimum absolute atomic E-state index is 0.149. The zero-order valence-corrected chi connectivity index (χ0v) is 41.5. The third kappa shape index (κ3) is 10.4. The van der Waals surface area contributed by atoms with Crippen molar-refractivity contribution in [1.82, 2.24) is 24.1 Å². The minimum Gasteiger partial charge on any atom is -0.456 e. The van der Waals surface area contributed by atoms with Crippen LogP contribution in [0.3, 0.4) is 0 Å². The zero-order valence-electron chi connectivity index (χ0n) is 39.9. The average molecular weight is 1070 g/mol. The summed E-state index contributed by atoms with van der Waals surface area (Å²) in [6.45, 7) is 0.305. The van der Waals surface area contributed by atoms with Gasteiger partial charge in [0.25, 0.3) is 20.0 Å². The van der Waals surface area contributed by atoms with Crippen LogP contribution in [0.2, 0.25) is 0 Å². The van der Waals surface area contributed by atoms with Gasteiger partial charge in [0.2, 0.25) is 0 Å². The zero-order chi connectivity index (χ0) is 53.8. The third-order valence-corrected chi connectivity index (χ3v) is 15.8. The molecule has 382 valence electrons. The number of sulfonamides is 2. The molecule has 12 nitrogen and oxygen atoms in total. The molecule has 0 fully saturated rings. The number of hydrogen-bond donors (Lipinski definition) is 2. The molecule has 5 heterocycles. The van der Waals surface area contributed by atoms with Crippen LogP contribution in [0, 0.1) is 0 Å². The molecule has 0 saturated carbocycles. The molecular weight excluding hydrogens is 1030 g/mol. The summed E-state index contributed by atoms with van der Waals surface area (Å²) in [4.78, 5) is 18.8. The molecule has 0 spiro atoms. The van der Waals surface area contributed by atoms with Gasteiger partial charge < -0.3 is 9.73 Å². The summed E-state index contributed by atoms with van der Waals surface area (Å²) in [6.07, 6.45) is 13.4. The predicted octanol–water partition coefficient (Wildman–Crippen LogP) is 13.8. The summed E-state index contributed by atoms with van der Waals surface area (Å²) >= 11 is 0. The number of pyridine rings is 4. The fraction of sp³-hybridized carbons (Fsp3) is 0.0172. The first-order valence-electron chi connectivity index (χ1n) is 23.2. The molecule has 2 aliphatic rings. The fourth-order valence-corrected chi connectivity index (χ4v) is 12.0. The van der Waals surface area contributed by atoms with Crippen LogP contribution >= 0.6 is 0 Å². The highest BCUT2D eigenvalue weighted by molar-refractivity contribution is 8.06. The topological polar surface area (TPSA) is 169 Å². The van der Waals surface area contributed by atoms with Crippen LogP contribution in [0.25, 0.3) is 77.9 Å². The molecule has 4 aromatic carbocycles. The molecule has 0 saturated heterocycles. The Morgan fingerprint density at radius 2 is 1.06 bits per heavy atom. The molecule has 0 unspecified atom stereocenters. The average Bonchev–Trinajstić information content (AvgIpc) is 3.45. The summed E-state index contributed by atoms with van der Waals surface area (Å²) in [6, 6.07) is 41.6. The Hall–Kier alpha value is -9.30. The lowest BCUT2D eigenvalue weighted by Crippen LogP contribution is -2.33. The Morgan fingerprint density at radius 1 is 0.558 bits per heavy atom. The maximum absolute atomic E-state index is 15.1. The van der Waals surface area contributed by atoms with Crippen molar-refractivity contribution in [2.24, 2.45) is 4.99 Å². The number of nitrogens with zero attached hydrogens (tertiary/aromatic N) is 5. The number of alkyl halides is 1. The molecule has 8 aromatic rings. The SMILES string of the molecule is C=C(F)/C(F)=C(\C(F)=C(\F)CF)S(=O)(=O)NS(=O)(=O)c1ccccc1-c1c2cc/c(=N/c3c(-c4ccncc4)cccc3-c3ccncc3)cc-2oc2cc(Nc3c(-c4ccncc4)cccc3-c3ccncc3)ccc12. The smallest absolute Gasteiger partial charge is 0.259 e. The normalized spacial score (nSPS) is 12.8. The van der Waals surface area contributed by atoms with Gasteiger partial charge in [0.1, 0.15) is 18.0 Å². The van der Waals surface area contributed by atoms with Crippen LogP contribution in [-0.2, 0) is 20.0 Å². The van der Waals surface area contributed by atoms with Crippen LogP contribution in [0.4, 0.5) is 39.0 Å². The number of fused-ring (bicyclic) bond motifs is 2. The number of anilines is 2. The Balaban J connectivity index is 1.21. The number of halogens is 5. The van der Waals surface area contributed by atoms with Crippen LogP contribution in [0.1, 0.15) is 0 Å². The van der Waals surface area contributed by atoms with Crippen molar-refractivity contribution in [2.75, 3.05) is 12.0 Å². The van der Waals surface area contributed by atoms with Crippen LogP contribution < -0.4 is 14.8 Å². The van der Waals surface area contributed by atoms with Gasteiger partial charge in [-0.2, -0.15) is 0 Å². The van der Waals surface area contributed by atoms with Gasteiger partial charge in [-0.3, -0.25) is 19.9 Å². The Morgan fingerprint density at radius 3 is 1.60 bits per heavy atom. The van der Waals surface area contributed by atoms with E-state index in [-0.39, 0.29) is 22.5 Å². The molecule has 77 heavy (non-hydrogen) atoms. The molecular formula is C58H38F5N7O5S2. The summed E-state index contributed by atoms with van der Waals surface area (Å²) in [5, 5.41) is 4.28. The second-order valence-electron chi connectivity index (χ2n) is 17.0. The van der Waals surface area contributed by atoms with E-state index in [4.69, 9.17) is 9.41 Å². The number of allylic oxidation sites excluding steroid dienone is 4. The molecule has 10 rings (SSSR count). The lowest BCUT2D eigenvalue weighted by Gasteiger charge is -2.20. The van der Waals surface area contributed by atoms with E-state index < -0.39 is 59.8 Å². The number of para-hydroxylation sites is 2. The first-order valence-corrected chi connectivity index (χ1v) is 26.1. The van der Waals surface area contributed by atoms with Crippen molar-refractivity contribution < 1.29 is 43.2 Å². The highest BCUT2D eigenvalue weighted by Crippen LogP contribution is 2.45. The van der Waals surface area contributed by atoms with E-state index in [1.54, 1.807) is 86.0 Å². The van der Waals surface area contributed by atoms with E-state index in [0.717, 1.165) is 50.6 Å². The van der Waals surface area contributed by atoms with E-state index in [0.29, 0.717) is 33.4 Å². The van der Waals surface area contributed by atoms with E-state index in [2.05, 4.69) is 31.8 Å². The maximum Gasteiger partial charge on any atom is 0.259 e. The van der Waals surface area contributed by atoms with E-state index in [1.165, 1.54) is 22.3 Å². The van der Waals surface area contributed by atoms with Crippen molar-refractivity contribution in [1.29, 1.82) is 0 Å². The molecule has 0 amide bonds. The monoisotopic (exact) mass is 1070 g/mol. The van der Waals surface area contributed by atoms with Gasteiger partial charge >= 0.3 is 0 Å². The van der Waals surface area contributed by atoms with Crippen molar-refractivity contribution in [2.45, 2.75) is 4.90 Å². The molecule has 4 aromatic heterocycles. The van der Waals surface area contributed by atoms with Gasteiger partial charge in [0.15, 0.2) is 28.2 Å². The Bertz CT molecular complexity index is 4130. The minimum atomic E-state index is -6.10. The quantitative estimate of drug-likeness (QED) is 0.0572. The molecule has 2 N–H and O–H groups in total. The van der Waals surface area contributed by atoms with Gasteiger partial charge in [-0.1, -0.05) is 61.2 Å². The van der Waals surface area contributed by atoms with Gasteiger partial charge in [0.05, 0.1) is 21.6 Å². The maximum atomic E-state index is 15.1. The van der Waals surface area contributed by atoms with Crippen LogP contribution in [0.15, 0.2) is 244 Å². The molecule has 1 aliphatic heterocycles. The van der Waals surface area contributed by atoms with Crippen molar-refractivity contribution >= 4 is 48.1 Å². The lowest BCUT2D eigenvalue weighted by atomic mass is 9.93. The first-order chi connectivity index (χ1) is 37.2. The van der Waals surface area contributed by atoms with Gasteiger partial charge in [0, 0.05) is 112 Å². The summed E-state index contributed by atoms with van der Waals surface area (Å²) in [5.74, 6) is -9.79. The summed E-state index contributed by atoms with van der Waals surface area (Å²) < 4.78 is 136. The van der Waals surface area contributed by atoms with E-state index >= 15 is 8.78 Å². The standard InChI is InChI=1S/C58H38F5N7O5S2/c1-35(60)54(62)58(55(63)49(61)34-59)77(73,74)70-76(71,72)52-11-3-2-6-48(52)53-46-14-12-40(68-56-42(36-16-24-64-25-17-36)7-4-8-43(56)37-18-26-65-27-19-37)32-50(46)75-51-33-41(13-15-47(51)53)69-57-44(38-20-28-66-29-21-38)9-5-10-45(57)39-22-30-67-31-23-39/h2-33,68,70H,1,34H2/b55-49-,58-54-,69-41-. The number of nitrogens with one attached hydrogen (secondary N) is 2. The molecule has 0 radical (unpaired) electrons. The van der Waals surface area contributed by atoms with E-state index in [9.17, 15) is 30.0 Å². The van der Waals surface area contributed by atoms with Gasteiger partial charge in [-0.05, 0) is 101 Å². The van der Waals surface area contributed by atoms with Crippen molar-refractivity contribution in [3.05, 3.63) is 235 Å². The lowest BCUT2D eigenvalue weighted by molar-refractivity contribution is 0.430. The van der Waals surface area contributed by atoms with Gasteiger partial charge in [-0.15, -0.1) is 4.13 Å².